The molecule has 0 saturated carbocycles. The van der Waals surface area contributed by atoms with E-state index >= 15 is 0 Å². The molecule has 0 radical (unpaired) electrons. The van der Waals surface area contributed by atoms with Gasteiger partial charge in [0.25, 0.3) is 0 Å². The first-order chi connectivity index (χ1) is 11.5. The molecule has 0 atom stereocenters. The molecule has 4 N–H and O–H groups in total. The number of carbonyl (C=O) groups excluding carboxylic acids is 3. The predicted octanol–water partition coefficient (Wildman–Crippen LogP) is 3.75. The highest BCUT2D eigenvalue weighted by molar-refractivity contribution is 5.99. The quantitative estimate of drug-likeness (QED) is 0.496. The number of rotatable bonds is 2. The molecular formula is C17H18N4O3. The third kappa shape index (κ3) is 9.41. The van der Waals surface area contributed by atoms with E-state index in [1.54, 1.807) is 0 Å². The number of amides is 2. The number of benzene rings is 2. The van der Waals surface area contributed by atoms with Gasteiger partial charge in [-0.15, -0.1) is 0 Å². The molecule has 0 aromatic heterocycles. The molecule has 2 aromatic carbocycles. The zero-order valence-electron chi connectivity index (χ0n) is 13.3. The maximum atomic E-state index is 11.7. The first-order valence-corrected chi connectivity index (χ1v) is 6.76. The molecule has 0 spiro atoms. The minimum absolute atomic E-state index is 0.234. The Hall–Kier alpha value is -3.53. The lowest BCUT2D eigenvalue weighted by atomic mass is 10.2. The predicted molar refractivity (Wildman–Crippen MR) is 91.8 cm³/mol. The molecular weight excluding hydrogens is 308 g/mol. The number of hydrogen-bond donors (Lipinski definition) is 4. The Bertz CT molecular complexity index is 636. The second-order valence-electron chi connectivity index (χ2n) is 4.52. The summed E-state index contributed by atoms with van der Waals surface area (Å²) >= 11 is 0. The van der Waals surface area contributed by atoms with Crippen molar-refractivity contribution in [3.63, 3.8) is 0 Å². The largest absolute Gasteiger partial charge is 0.323 e. The van der Waals surface area contributed by atoms with Crippen molar-refractivity contribution in [2.45, 2.75) is 13.8 Å². The molecule has 124 valence electrons. The van der Waals surface area contributed by atoms with Gasteiger partial charge in [-0.25, -0.2) is 25.2 Å². The molecule has 0 unspecified atom stereocenters. The molecule has 0 saturated heterocycles. The van der Waals surface area contributed by atoms with E-state index < -0.39 is 0 Å². The number of isocyanates is 2. The number of nitrogens with one attached hydrogen (secondary N) is 4. The minimum atomic E-state index is -0.234. The Morgan fingerprint density at radius 3 is 1.25 bits per heavy atom. The lowest BCUT2D eigenvalue weighted by molar-refractivity contribution is 0.262. The van der Waals surface area contributed by atoms with E-state index in [0.717, 1.165) is 23.5 Å². The molecule has 24 heavy (non-hydrogen) atoms. The second kappa shape index (κ2) is 12.1. The molecule has 7 nitrogen and oxygen atoms in total. The first-order valence-electron chi connectivity index (χ1n) is 6.76. The second-order valence-corrected chi connectivity index (χ2v) is 4.52. The summed E-state index contributed by atoms with van der Waals surface area (Å²) in [6.07, 6.45) is 1.50. The van der Waals surface area contributed by atoms with Crippen molar-refractivity contribution in [2.75, 3.05) is 10.6 Å². The Morgan fingerprint density at radius 1 is 0.750 bits per heavy atom. The Labute approximate surface area is 139 Å². The van der Waals surface area contributed by atoms with E-state index in [1.165, 1.54) is 11.1 Å². The highest BCUT2D eigenvalue weighted by atomic mass is 16.2. The normalized spacial score (nSPS) is 8.08. The van der Waals surface area contributed by atoms with Crippen LogP contribution in [0.15, 0.2) is 48.5 Å². The molecule has 2 aromatic rings. The van der Waals surface area contributed by atoms with Gasteiger partial charge in [-0.2, -0.15) is 0 Å². The van der Waals surface area contributed by atoms with Gasteiger partial charge in [0.05, 0.1) is 0 Å². The van der Waals surface area contributed by atoms with Gasteiger partial charge in [-0.1, -0.05) is 35.4 Å². The van der Waals surface area contributed by atoms with Crippen molar-refractivity contribution in [3.05, 3.63) is 59.7 Å². The summed E-state index contributed by atoms with van der Waals surface area (Å²) in [5.74, 6) is 0. The molecule has 0 bridgehead atoms. The molecule has 7 heteroatoms. The fourth-order valence-electron chi connectivity index (χ4n) is 1.57. The lowest BCUT2D eigenvalue weighted by Crippen LogP contribution is -2.19. The molecule has 2 amide bonds. The summed E-state index contributed by atoms with van der Waals surface area (Å²) in [6.45, 7) is 4.02. The summed E-state index contributed by atoms with van der Waals surface area (Å²) in [6, 6.07) is 15.1. The topological polar surface area (TPSA) is 123 Å². The van der Waals surface area contributed by atoms with Gasteiger partial charge in [0, 0.05) is 11.4 Å². The molecule has 0 aliphatic rings. The fourth-order valence-corrected chi connectivity index (χ4v) is 1.57. The minimum Gasteiger partial charge on any atom is -0.308 e. The Kier molecular flexibility index (Phi) is 10.3. The van der Waals surface area contributed by atoms with Crippen LogP contribution in [0.5, 0.6) is 0 Å². The standard InChI is InChI=1S/C15H16N2O.2CHNO/c1-11-3-7-13(8-4-11)16-15(18)17-14-9-5-12(2)6-10-14;2*2-1-3/h3-10H,1-2H3,(H2,16,17,18);2*2H. The van der Waals surface area contributed by atoms with Crippen molar-refractivity contribution in [3.8, 4) is 0 Å². The number of anilines is 2. The maximum Gasteiger partial charge on any atom is 0.323 e. The van der Waals surface area contributed by atoms with Crippen LogP contribution >= 0.6 is 0 Å². The van der Waals surface area contributed by atoms with Crippen molar-refractivity contribution >= 4 is 29.6 Å². The third-order valence-corrected chi connectivity index (χ3v) is 2.62. The van der Waals surface area contributed by atoms with Crippen LogP contribution in [0.2, 0.25) is 0 Å². The zero-order valence-corrected chi connectivity index (χ0v) is 13.3. The van der Waals surface area contributed by atoms with E-state index in [2.05, 4.69) is 10.6 Å². The third-order valence-electron chi connectivity index (χ3n) is 2.62. The van der Waals surface area contributed by atoms with Gasteiger partial charge in [-0.3, -0.25) is 0 Å². The van der Waals surface area contributed by atoms with Crippen molar-refractivity contribution < 1.29 is 14.4 Å². The molecule has 0 fully saturated rings. The summed E-state index contributed by atoms with van der Waals surface area (Å²) in [5, 5.41) is 16.4. The summed E-state index contributed by atoms with van der Waals surface area (Å²) < 4.78 is 0. The lowest BCUT2D eigenvalue weighted by Gasteiger charge is -2.08. The molecule has 0 heterocycles. The SMILES string of the molecule is Cc1ccc(NC(=O)Nc2ccc(C)cc2)cc1.N=C=O.N=C=O. The fraction of sp³-hybridized carbons (Fsp3) is 0.118. The van der Waals surface area contributed by atoms with E-state index in [-0.39, 0.29) is 6.03 Å². The van der Waals surface area contributed by atoms with Gasteiger partial charge in [0.2, 0.25) is 12.2 Å². The first kappa shape index (κ1) is 20.5. The Morgan fingerprint density at radius 2 is 1.00 bits per heavy atom. The van der Waals surface area contributed by atoms with E-state index in [9.17, 15) is 4.79 Å². The smallest absolute Gasteiger partial charge is 0.308 e. The average molecular weight is 326 g/mol. The molecule has 0 aliphatic carbocycles. The summed E-state index contributed by atoms with van der Waals surface area (Å²) in [5.41, 5.74) is 3.90. The highest BCUT2D eigenvalue weighted by Crippen LogP contribution is 2.11. The van der Waals surface area contributed by atoms with Crippen LogP contribution in [-0.2, 0) is 9.59 Å². The monoisotopic (exact) mass is 326 g/mol. The van der Waals surface area contributed by atoms with Crippen molar-refractivity contribution in [1.82, 2.24) is 0 Å². The van der Waals surface area contributed by atoms with Crippen LogP contribution in [0.3, 0.4) is 0 Å². The number of carbonyl (C=O) groups is 1. The maximum absolute atomic E-state index is 11.7. The molecule has 0 aliphatic heterocycles. The van der Waals surface area contributed by atoms with E-state index in [4.69, 9.17) is 20.4 Å². The van der Waals surface area contributed by atoms with Gasteiger partial charge >= 0.3 is 6.03 Å². The van der Waals surface area contributed by atoms with Crippen LogP contribution in [0.25, 0.3) is 0 Å². The van der Waals surface area contributed by atoms with Crippen LogP contribution in [0.1, 0.15) is 11.1 Å². The van der Waals surface area contributed by atoms with Crippen molar-refractivity contribution in [1.29, 1.82) is 10.8 Å². The average Bonchev–Trinajstić information content (AvgIpc) is 2.53. The van der Waals surface area contributed by atoms with Crippen LogP contribution in [0, 0.1) is 24.7 Å². The zero-order chi connectivity index (χ0) is 18.4. The van der Waals surface area contributed by atoms with Gasteiger partial charge in [0.15, 0.2) is 0 Å². The number of urea groups is 1. The van der Waals surface area contributed by atoms with E-state index in [0.29, 0.717) is 0 Å². The van der Waals surface area contributed by atoms with Gasteiger partial charge < -0.3 is 10.6 Å². The van der Waals surface area contributed by atoms with Crippen LogP contribution in [-0.4, -0.2) is 18.2 Å². The van der Waals surface area contributed by atoms with Crippen molar-refractivity contribution in [2.24, 2.45) is 0 Å². The van der Waals surface area contributed by atoms with Crippen LogP contribution in [0.4, 0.5) is 16.2 Å². The Balaban J connectivity index is 0.000000772. The molecule has 2 rings (SSSR count). The summed E-state index contributed by atoms with van der Waals surface area (Å²) in [4.78, 5) is 28.4. The van der Waals surface area contributed by atoms with E-state index in [1.807, 2.05) is 62.4 Å². The number of hydrogen-bond acceptors (Lipinski definition) is 5. The number of aryl methyl sites for hydroxylation is 2. The van der Waals surface area contributed by atoms with Crippen LogP contribution < -0.4 is 10.6 Å². The van der Waals surface area contributed by atoms with Gasteiger partial charge in [-0.05, 0) is 38.1 Å². The summed E-state index contributed by atoms with van der Waals surface area (Å²) in [7, 11) is 0. The van der Waals surface area contributed by atoms with Gasteiger partial charge in [0.1, 0.15) is 0 Å². The highest BCUT2D eigenvalue weighted by Gasteiger charge is 2.01.